The Morgan fingerprint density at radius 3 is 2.00 bits per heavy atom. The number of aromatic nitrogens is 3. The van der Waals surface area contributed by atoms with E-state index in [2.05, 4.69) is 143 Å². The minimum absolute atomic E-state index is 0.438. The summed E-state index contributed by atoms with van der Waals surface area (Å²) >= 11 is -0.438. The van der Waals surface area contributed by atoms with E-state index in [4.69, 9.17) is 8.24 Å². The molecule has 0 bridgehead atoms. The normalized spacial score (nSPS) is 12.4. The van der Waals surface area contributed by atoms with Crippen LogP contribution in [0.3, 0.4) is 0 Å². The zero-order chi connectivity index (χ0) is 28.5. The van der Waals surface area contributed by atoms with Crippen molar-refractivity contribution in [3.63, 3.8) is 0 Å². The van der Waals surface area contributed by atoms with Crippen LogP contribution in [0, 0.1) is 6.92 Å². The topological polar surface area (TPSA) is 58.3 Å². The maximum absolute atomic E-state index is 5.19. The molecule has 0 saturated carbocycles. The maximum atomic E-state index is 5.19. The molecule has 1 aliphatic rings. The number of anilines is 4. The molecular formula is C34H29IN6S. The fourth-order valence-electron chi connectivity index (χ4n) is 5.52. The van der Waals surface area contributed by atoms with Crippen LogP contribution < -0.4 is 9.62 Å². The molecule has 0 radical (unpaired) electrons. The molecule has 0 unspecified atom stereocenters. The highest BCUT2D eigenvalue weighted by Crippen LogP contribution is 2.54. The van der Waals surface area contributed by atoms with Gasteiger partial charge in [0.05, 0.1) is 30.9 Å². The number of para-hydroxylation sites is 2. The first-order chi connectivity index (χ1) is 20.7. The van der Waals surface area contributed by atoms with Crippen molar-refractivity contribution in [1.82, 2.24) is 15.0 Å². The van der Waals surface area contributed by atoms with Crippen LogP contribution in [0.5, 0.6) is 0 Å². The summed E-state index contributed by atoms with van der Waals surface area (Å²) in [5.74, 6) is 0. The zero-order valence-electron chi connectivity index (χ0n) is 23.3. The Morgan fingerprint density at radius 1 is 0.762 bits per heavy atom. The predicted molar refractivity (Wildman–Crippen MR) is 185 cm³/mol. The molecule has 5 aromatic carbocycles. The van der Waals surface area contributed by atoms with Gasteiger partial charge in [0.1, 0.15) is 11.2 Å². The molecule has 1 aromatic heterocycles. The van der Waals surface area contributed by atoms with Gasteiger partial charge in [0.25, 0.3) is 0 Å². The fourth-order valence-corrected chi connectivity index (χ4v) is 8.25. The minimum atomic E-state index is -0.438. The molecule has 0 fully saturated rings. The first-order valence-electron chi connectivity index (χ1n) is 14.0. The number of fused-ring (bicyclic) bond motifs is 2. The van der Waals surface area contributed by atoms with E-state index in [9.17, 15) is 0 Å². The van der Waals surface area contributed by atoms with Gasteiger partial charge in [0, 0.05) is 43.9 Å². The number of benzene rings is 5. The quantitative estimate of drug-likeness (QED) is 0.134. The number of nitrogens with zero attached hydrogens (tertiary/aromatic N) is 5. The summed E-state index contributed by atoms with van der Waals surface area (Å²) in [7, 11) is 1.71. The summed E-state index contributed by atoms with van der Waals surface area (Å²) in [6, 6.07) is 38.5. The molecule has 2 heterocycles. The first kappa shape index (κ1) is 26.9. The molecule has 42 heavy (non-hydrogen) atoms. The summed E-state index contributed by atoms with van der Waals surface area (Å²) in [5.41, 5.74) is 12.9. The van der Waals surface area contributed by atoms with Crippen LogP contribution in [-0.4, -0.2) is 15.0 Å². The first-order valence-corrected chi connectivity index (χ1v) is 18.3. The second-order valence-corrected chi connectivity index (χ2v) is 13.7. The van der Waals surface area contributed by atoms with E-state index in [0.29, 0.717) is 0 Å². The average Bonchev–Trinajstić information content (AvgIpc) is 3.45. The van der Waals surface area contributed by atoms with Crippen molar-refractivity contribution < 1.29 is 0 Å². The van der Waals surface area contributed by atoms with Crippen LogP contribution in [0.4, 0.5) is 28.4 Å². The van der Waals surface area contributed by atoms with Gasteiger partial charge in [0.2, 0.25) is 0 Å². The van der Waals surface area contributed by atoms with Crippen LogP contribution in [0.25, 0.3) is 33.3 Å². The third-order valence-corrected chi connectivity index (χ3v) is 10.2. The molecular weight excluding hydrogens is 651 g/mol. The van der Waals surface area contributed by atoms with Gasteiger partial charge >= 0.3 is 0 Å². The van der Waals surface area contributed by atoms with Crippen LogP contribution in [-0.2, 0) is 6.54 Å². The summed E-state index contributed by atoms with van der Waals surface area (Å²) in [6.07, 6.45) is 0.967. The Bertz CT molecular complexity index is 1850. The molecule has 0 aliphatic carbocycles. The Hall–Kier alpha value is -4.02. The predicted octanol–water partition coefficient (Wildman–Crippen LogP) is 10.7. The van der Waals surface area contributed by atoms with E-state index >= 15 is 0 Å². The monoisotopic (exact) mass is 680 g/mol. The van der Waals surface area contributed by atoms with E-state index < -0.39 is 19.6 Å². The van der Waals surface area contributed by atoms with Crippen molar-refractivity contribution in [2.45, 2.75) is 26.8 Å². The van der Waals surface area contributed by atoms with Crippen molar-refractivity contribution >= 4 is 68.2 Å². The van der Waals surface area contributed by atoms with Gasteiger partial charge in [-0.05, 0) is 60.9 Å². The second kappa shape index (κ2) is 11.7. The number of hydrogen-bond acceptors (Lipinski definition) is 6. The number of hydrogen-bond donors (Lipinski definition) is 1. The highest BCUT2D eigenvalue weighted by Gasteiger charge is 2.27. The van der Waals surface area contributed by atoms with E-state index in [-0.39, 0.29) is 0 Å². The lowest BCUT2D eigenvalue weighted by Gasteiger charge is -2.26. The van der Waals surface area contributed by atoms with Crippen molar-refractivity contribution in [1.29, 1.82) is 0 Å². The molecule has 6 aromatic rings. The summed E-state index contributed by atoms with van der Waals surface area (Å²) in [4.78, 5) is 2.28. The van der Waals surface area contributed by atoms with Gasteiger partial charge < -0.3 is 9.62 Å². The van der Waals surface area contributed by atoms with Crippen LogP contribution in [0.1, 0.15) is 18.9 Å². The molecule has 0 saturated heterocycles. The zero-order valence-corrected chi connectivity index (χ0v) is 26.3. The molecule has 7 rings (SSSR count). The highest BCUT2D eigenvalue weighted by atomic mass is 127. The standard InChI is InChI=1S/C34H29IN6S/c1-3-22-40-34-30(31-32(38-42-35-36-31)29(33(34)37-39-40)24-16-14-23(2)15-17-24)25-18-20-28(21-19-25)41(26-10-6-4-7-11-26)27-12-8-5-9-13-27/h4-21,38H,3,22H2,1-2H3. The largest absolute Gasteiger partial charge is 0.318 e. The fraction of sp³-hybridized carbons (Fsp3) is 0.118. The van der Waals surface area contributed by atoms with Crippen molar-refractivity contribution in [3.8, 4) is 22.3 Å². The van der Waals surface area contributed by atoms with E-state index in [1.807, 2.05) is 0 Å². The number of rotatable bonds is 7. The lowest BCUT2D eigenvalue weighted by molar-refractivity contribution is 0.596. The molecule has 8 heteroatoms. The smallest absolute Gasteiger partial charge is 0.123 e. The van der Waals surface area contributed by atoms with Crippen molar-refractivity contribution in [3.05, 3.63) is 115 Å². The van der Waals surface area contributed by atoms with Gasteiger partial charge in [0.15, 0.2) is 0 Å². The summed E-state index contributed by atoms with van der Waals surface area (Å²) in [5, 5.41) is 9.44. The molecule has 0 amide bonds. The highest BCUT2D eigenvalue weighted by molar-refractivity contribution is 14.2. The number of nitrogens with one attached hydrogen (secondary N) is 1. The molecule has 208 valence electrons. The van der Waals surface area contributed by atoms with E-state index in [0.717, 1.165) is 74.7 Å². The Balaban J connectivity index is 1.43. The summed E-state index contributed by atoms with van der Waals surface area (Å²) < 4.78 is 10.9. The SMILES string of the molecule is CCCn1nnc2c(-c3ccc(C)cc3)c3c(c(-c4ccc(N(c5ccccc5)c5ccccc5)cc4)c21)N=ISN3. The third kappa shape index (κ3) is 4.88. The molecule has 0 spiro atoms. The van der Waals surface area contributed by atoms with Crippen molar-refractivity contribution in [2.75, 3.05) is 9.62 Å². The van der Waals surface area contributed by atoms with Crippen LogP contribution in [0.2, 0.25) is 0 Å². The minimum Gasteiger partial charge on any atom is -0.318 e. The Morgan fingerprint density at radius 2 is 1.36 bits per heavy atom. The maximum Gasteiger partial charge on any atom is 0.123 e. The molecule has 0 atom stereocenters. The van der Waals surface area contributed by atoms with Crippen LogP contribution >= 0.6 is 28.8 Å². The van der Waals surface area contributed by atoms with Crippen molar-refractivity contribution in [2.24, 2.45) is 3.15 Å². The summed E-state index contributed by atoms with van der Waals surface area (Å²) in [6.45, 7) is 5.08. The molecule has 1 aliphatic heterocycles. The van der Waals surface area contributed by atoms with Gasteiger partial charge in [-0.15, -0.1) is 5.10 Å². The molecule has 6 nitrogen and oxygen atoms in total. The molecule has 1 N–H and O–H groups in total. The second-order valence-electron chi connectivity index (χ2n) is 10.2. The van der Waals surface area contributed by atoms with Gasteiger partial charge in [-0.3, -0.25) is 0 Å². The lowest BCUT2D eigenvalue weighted by Crippen LogP contribution is -2.09. The van der Waals surface area contributed by atoms with Gasteiger partial charge in [-0.1, -0.05) is 90.5 Å². The third-order valence-electron chi connectivity index (χ3n) is 7.45. The average molecular weight is 681 g/mol. The van der Waals surface area contributed by atoms with Crippen LogP contribution in [0.15, 0.2) is 112 Å². The van der Waals surface area contributed by atoms with E-state index in [1.165, 1.54) is 5.56 Å². The number of aryl methyl sites for hydroxylation is 2. The van der Waals surface area contributed by atoms with Gasteiger partial charge in [-0.2, -0.15) is 0 Å². The number of halogens is 1. The Kier molecular flexibility index (Phi) is 7.48. The van der Waals surface area contributed by atoms with Gasteiger partial charge in [-0.25, -0.2) is 7.83 Å². The Labute approximate surface area is 258 Å². The van der Waals surface area contributed by atoms with E-state index in [1.54, 1.807) is 9.12 Å². The lowest BCUT2D eigenvalue weighted by atomic mass is 9.93.